The highest BCUT2D eigenvalue weighted by Crippen LogP contribution is 2.22. The largest absolute Gasteiger partial charge is 0.382 e. The third-order valence-electron chi connectivity index (χ3n) is 3.37. The lowest BCUT2D eigenvalue weighted by atomic mass is 10.0. The summed E-state index contributed by atoms with van der Waals surface area (Å²) in [5.74, 6) is 0.163. The molecule has 0 bridgehead atoms. The first kappa shape index (κ1) is 13.9. The molecule has 19 heavy (non-hydrogen) atoms. The van der Waals surface area contributed by atoms with Crippen LogP contribution in [0.25, 0.3) is 0 Å². The van der Waals surface area contributed by atoms with Gasteiger partial charge in [-0.25, -0.2) is 0 Å². The topological polar surface area (TPSA) is 41.6 Å². The molecular weight excluding hydrogens is 240 g/mol. The van der Waals surface area contributed by atoms with Crippen molar-refractivity contribution < 1.29 is 9.53 Å². The minimum Gasteiger partial charge on any atom is -0.382 e. The van der Waals surface area contributed by atoms with E-state index in [0.29, 0.717) is 13.0 Å². The van der Waals surface area contributed by atoms with Crippen LogP contribution < -0.4 is 5.32 Å². The van der Waals surface area contributed by atoms with E-state index in [-0.39, 0.29) is 12.0 Å². The number of nitrogens with one attached hydrogen (secondary N) is 1. The SMILES string of the molecule is CN(C)C(=O)CCCOC1CNc2ccccc2C1. The molecule has 0 spiro atoms. The zero-order chi connectivity index (χ0) is 13.7. The third kappa shape index (κ3) is 3.96. The Labute approximate surface area is 114 Å². The molecule has 0 fully saturated rings. The first-order chi connectivity index (χ1) is 9.16. The average molecular weight is 262 g/mol. The van der Waals surface area contributed by atoms with Crippen molar-refractivity contribution in [2.24, 2.45) is 0 Å². The maximum absolute atomic E-state index is 11.4. The van der Waals surface area contributed by atoms with Gasteiger partial charge in [-0.15, -0.1) is 0 Å². The van der Waals surface area contributed by atoms with Gasteiger partial charge in [0.1, 0.15) is 0 Å². The fraction of sp³-hybridized carbons (Fsp3) is 0.533. The van der Waals surface area contributed by atoms with Crippen LogP contribution in [0.15, 0.2) is 24.3 Å². The third-order valence-corrected chi connectivity index (χ3v) is 3.37. The zero-order valence-electron chi connectivity index (χ0n) is 11.7. The van der Waals surface area contributed by atoms with Crippen molar-refractivity contribution in [2.75, 3.05) is 32.6 Å². The van der Waals surface area contributed by atoms with E-state index in [0.717, 1.165) is 19.4 Å². The Morgan fingerprint density at radius 3 is 3.00 bits per heavy atom. The maximum atomic E-state index is 11.4. The van der Waals surface area contributed by atoms with Crippen LogP contribution in [0.2, 0.25) is 0 Å². The number of anilines is 1. The number of hydrogen-bond donors (Lipinski definition) is 1. The first-order valence-corrected chi connectivity index (χ1v) is 6.80. The van der Waals surface area contributed by atoms with Crippen molar-refractivity contribution in [3.63, 3.8) is 0 Å². The second-order valence-corrected chi connectivity index (χ2v) is 5.13. The van der Waals surface area contributed by atoms with Crippen LogP contribution in [-0.2, 0) is 16.0 Å². The molecule has 1 aliphatic heterocycles. The Balaban J connectivity index is 1.70. The highest BCUT2D eigenvalue weighted by atomic mass is 16.5. The lowest BCUT2D eigenvalue weighted by Gasteiger charge is -2.26. The summed E-state index contributed by atoms with van der Waals surface area (Å²) < 4.78 is 5.84. The van der Waals surface area contributed by atoms with Crippen molar-refractivity contribution >= 4 is 11.6 Å². The molecule has 104 valence electrons. The van der Waals surface area contributed by atoms with Crippen LogP contribution in [0, 0.1) is 0 Å². The second-order valence-electron chi connectivity index (χ2n) is 5.13. The van der Waals surface area contributed by atoms with Gasteiger partial charge in [0.05, 0.1) is 6.10 Å². The van der Waals surface area contributed by atoms with E-state index in [1.165, 1.54) is 11.3 Å². The fourth-order valence-electron chi connectivity index (χ4n) is 2.23. The van der Waals surface area contributed by atoms with Crippen LogP contribution in [0.1, 0.15) is 18.4 Å². The number of rotatable bonds is 5. The molecule has 1 aromatic carbocycles. The minimum absolute atomic E-state index is 0.163. The Kier molecular flexibility index (Phi) is 4.80. The van der Waals surface area contributed by atoms with Crippen molar-refractivity contribution in [3.05, 3.63) is 29.8 Å². The highest BCUT2D eigenvalue weighted by molar-refractivity contribution is 5.75. The van der Waals surface area contributed by atoms with Crippen LogP contribution in [0.5, 0.6) is 0 Å². The van der Waals surface area contributed by atoms with E-state index in [1.807, 2.05) is 6.07 Å². The standard InChI is InChI=1S/C15H22N2O2/c1-17(2)15(18)8-5-9-19-13-10-12-6-3-4-7-14(12)16-11-13/h3-4,6-7,13,16H,5,8-11H2,1-2H3. The van der Waals surface area contributed by atoms with Gasteiger partial charge in [-0.05, 0) is 18.1 Å². The lowest BCUT2D eigenvalue weighted by Crippen LogP contribution is -2.31. The molecule has 4 heteroatoms. The van der Waals surface area contributed by atoms with Gasteiger partial charge in [-0.1, -0.05) is 18.2 Å². The number of nitrogens with zero attached hydrogens (tertiary/aromatic N) is 1. The Bertz CT molecular complexity index is 432. The summed E-state index contributed by atoms with van der Waals surface area (Å²) >= 11 is 0. The van der Waals surface area contributed by atoms with Gasteiger partial charge in [0, 0.05) is 45.8 Å². The molecule has 1 heterocycles. The van der Waals surface area contributed by atoms with Crippen molar-refractivity contribution in [1.29, 1.82) is 0 Å². The van der Waals surface area contributed by atoms with E-state index < -0.39 is 0 Å². The molecule has 0 radical (unpaired) electrons. The van der Waals surface area contributed by atoms with Crippen LogP contribution in [0.4, 0.5) is 5.69 Å². The predicted molar refractivity (Wildman–Crippen MR) is 76.3 cm³/mol. The number of carbonyl (C=O) groups is 1. The summed E-state index contributed by atoms with van der Waals surface area (Å²) in [7, 11) is 3.57. The Morgan fingerprint density at radius 1 is 1.42 bits per heavy atom. The van der Waals surface area contributed by atoms with Gasteiger partial charge in [0.2, 0.25) is 5.91 Å². The highest BCUT2D eigenvalue weighted by Gasteiger charge is 2.17. The molecule has 1 unspecified atom stereocenters. The van der Waals surface area contributed by atoms with E-state index in [1.54, 1.807) is 19.0 Å². The van der Waals surface area contributed by atoms with E-state index in [2.05, 4.69) is 23.5 Å². The van der Waals surface area contributed by atoms with Crippen molar-refractivity contribution in [3.8, 4) is 0 Å². The van der Waals surface area contributed by atoms with Gasteiger partial charge >= 0.3 is 0 Å². The number of carbonyl (C=O) groups excluding carboxylic acids is 1. The monoisotopic (exact) mass is 262 g/mol. The number of para-hydroxylation sites is 1. The molecule has 0 aliphatic carbocycles. The number of benzene rings is 1. The van der Waals surface area contributed by atoms with E-state index in [9.17, 15) is 4.79 Å². The van der Waals surface area contributed by atoms with Gasteiger partial charge in [0.25, 0.3) is 0 Å². The molecule has 4 nitrogen and oxygen atoms in total. The quantitative estimate of drug-likeness (QED) is 0.824. The molecule has 0 aromatic heterocycles. The maximum Gasteiger partial charge on any atom is 0.222 e. The van der Waals surface area contributed by atoms with Crippen molar-refractivity contribution in [2.45, 2.75) is 25.4 Å². The summed E-state index contributed by atoms with van der Waals surface area (Å²) in [4.78, 5) is 13.0. The molecule has 2 rings (SSSR count). The molecule has 1 N–H and O–H groups in total. The predicted octanol–water partition coefficient (Wildman–Crippen LogP) is 1.91. The van der Waals surface area contributed by atoms with Gasteiger partial charge in [-0.2, -0.15) is 0 Å². The Hall–Kier alpha value is -1.55. The normalized spacial score (nSPS) is 17.5. The molecule has 1 amide bonds. The summed E-state index contributed by atoms with van der Waals surface area (Å²) in [5, 5.41) is 3.38. The number of hydrogen-bond acceptors (Lipinski definition) is 3. The van der Waals surface area contributed by atoms with Crippen molar-refractivity contribution in [1.82, 2.24) is 4.90 Å². The Morgan fingerprint density at radius 2 is 2.21 bits per heavy atom. The molecule has 0 saturated carbocycles. The molecule has 1 aromatic rings. The molecular formula is C15H22N2O2. The van der Waals surface area contributed by atoms with Crippen LogP contribution >= 0.6 is 0 Å². The lowest BCUT2D eigenvalue weighted by molar-refractivity contribution is -0.129. The average Bonchev–Trinajstić information content (AvgIpc) is 2.43. The summed E-state index contributed by atoms with van der Waals surface area (Å²) in [6.07, 6.45) is 2.51. The van der Waals surface area contributed by atoms with Crippen LogP contribution in [0.3, 0.4) is 0 Å². The number of amides is 1. The summed E-state index contributed by atoms with van der Waals surface area (Å²) in [6, 6.07) is 8.33. The van der Waals surface area contributed by atoms with E-state index >= 15 is 0 Å². The van der Waals surface area contributed by atoms with Crippen LogP contribution in [-0.4, -0.2) is 44.2 Å². The first-order valence-electron chi connectivity index (χ1n) is 6.80. The molecule has 1 atom stereocenters. The van der Waals surface area contributed by atoms with Gasteiger partial charge in [-0.3, -0.25) is 4.79 Å². The van der Waals surface area contributed by atoms with E-state index in [4.69, 9.17) is 4.74 Å². The minimum atomic E-state index is 0.163. The number of fused-ring (bicyclic) bond motifs is 1. The van der Waals surface area contributed by atoms with Gasteiger partial charge in [0.15, 0.2) is 0 Å². The summed E-state index contributed by atoms with van der Waals surface area (Å²) in [6.45, 7) is 1.49. The van der Waals surface area contributed by atoms with Gasteiger partial charge < -0.3 is 15.0 Å². The molecule has 0 saturated heterocycles. The summed E-state index contributed by atoms with van der Waals surface area (Å²) in [5.41, 5.74) is 2.52. The number of ether oxygens (including phenoxy) is 1. The smallest absolute Gasteiger partial charge is 0.222 e. The fourth-order valence-corrected chi connectivity index (χ4v) is 2.23. The zero-order valence-corrected chi connectivity index (χ0v) is 11.7. The second kappa shape index (κ2) is 6.57. The molecule has 1 aliphatic rings.